The molecule has 0 aliphatic heterocycles. The SMILES string of the molecule is CCCCCCc1ccc(C2CCCC2=O)cc1. The molecule has 1 heteroatoms. The van der Waals surface area contributed by atoms with Gasteiger partial charge in [0.15, 0.2) is 0 Å². The average molecular weight is 244 g/mol. The minimum absolute atomic E-state index is 0.194. The highest BCUT2D eigenvalue weighted by Gasteiger charge is 2.25. The number of ketones is 1. The number of carbonyl (C=O) groups is 1. The predicted molar refractivity (Wildman–Crippen MR) is 75.9 cm³/mol. The molecule has 1 saturated carbocycles. The average Bonchev–Trinajstić information content (AvgIpc) is 2.82. The van der Waals surface area contributed by atoms with Crippen LogP contribution in [-0.4, -0.2) is 5.78 Å². The van der Waals surface area contributed by atoms with Crippen molar-refractivity contribution >= 4 is 5.78 Å². The zero-order chi connectivity index (χ0) is 12.8. The first-order valence-electron chi connectivity index (χ1n) is 7.43. The minimum Gasteiger partial charge on any atom is -0.299 e. The highest BCUT2D eigenvalue weighted by atomic mass is 16.1. The molecule has 18 heavy (non-hydrogen) atoms. The Hall–Kier alpha value is -1.11. The van der Waals surface area contributed by atoms with E-state index in [1.165, 1.54) is 43.2 Å². The van der Waals surface area contributed by atoms with Crippen LogP contribution in [0.5, 0.6) is 0 Å². The Balaban J connectivity index is 1.87. The Bertz CT molecular complexity index is 377. The molecule has 0 bridgehead atoms. The summed E-state index contributed by atoms with van der Waals surface area (Å²) >= 11 is 0. The standard InChI is InChI=1S/C17H24O/c1-2-3-4-5-7-14-10-12-15(13-11-14)16-8-6-9-17(16)18/h10-13,16H,2-9H2,1H3. The summed E-state index contributed by atoms with van der Waals surface area (Å²) < 4.78 is 0. The molecule has 0 radical (unpaired) electrons. The Morgan fingerprint density at radius 2 is 1.89 bits per heavy atom. The number of hydrogen-bond donors (Lipinski definition) is 0. The van der Waals surface area contributed by atoms with E-state index in [1.807, 2.05) is 0 Å². The van der Waals surface area contributed by atoms with Crippen molar-refractivity contribution in [2.75, 3.05) is 0 Å². The van der Waals surface area contributed by atoms with Gasteiger partial charge < -0.3 is 0 Å². The molecule has 0 heterocycles. The smallest absolute Gasteiger partial charge is 0.140 e. The summed E-state index contributed by atoms with van der Waals surface area (Å²) in [6.07, 6.45) is 9.34. The van der Waals surface area contributed by atoms with Gasteiger partial charge in [0.1, 0.15) is 5.78 Å². The largest absolute Gasteiger partial charge is 0.299 e. The van der Waals surface area contributed by atoms with Gasteiger partial charge in [-0.1, -0.05) is 50.5 Å². The van der Waals surface area contributed by atoms with Crippen molar-refractivity contribution in [1.29, 1.82) is 0 Å². The van der Waals surface area contributed by atoms with Crippen molar-refractivity contribution < 1.29 is 4.79 Å². The Morgan fingerprint density at radius 3 is 2.50 bits per heavy atom. The molecule has 0 aromatic heterocycles. The van der Waals surface area contributed by atoms with Gasteiger partial charge in [0.05, 0.1) is 0 Å². The van der Waals surface area contributed by atoms with Crippen molar-refractivity contribution in [3.63, 3.8) is 0 Å². The van der Waals surface area contributed by atoms with Crippen LogP contribution in [0.25, 0.3) is 0 Å². The van der Waals surface area contributed by atoms with Gasteiger partial charge in [-0.05, 0) is 36.8 Å². The second kappa shape index (κ2) is 6.72. The van der Waals surface area contributed by atoms with E-state index in [0.717, 1.165) is 19.3 Å². The van der Waals surface area contributed by atoms with E-state index in [9.17, 15) is 4.79 Å². The summed E-state index contributed by atoms with van der Waals surface area (Å²) in [6, 6.07) is 8.77. The lowest BCUT2D eigenvalue weighted by atomic mass is 9.95. The number of carbonyl (C=O) groups excluding carboxylic acids is 1. The number of Topliss-reactive ketones (excluding diaryl/α,β-unsaturated/α-hetero) is 1. The normalized spacial score (nSPS) is 19.4. The van der Waals surface area contributed by atoms with Crippen molar-refractivity contribution in [3.8, 4) is 0 Å². The van der Waals surface area contributed by atoms with Crippen LogP contribution in [-0.2, 0) is 11.2 Å². The number of aryl methyl sites for hydroxylation is 1. The fourth-order valence-electron chi connectivity index (χ4n) is 2.84. The molecule has 1 aliphatic carbocycles. The zero-order valence-electron chi connectivity index (χ0n) is 11.5. The maximum absolute atomic E-state index is 11.7. The number of rotatable bonds is 6. The number of benzene rings is 1. The Morgan fingerprint density at radius 1 is 1.11 bits per heavy atom. The molecular formula is C17H24O. The predicted octanol–water partition coefficient (Wildman–Crippen LogP) is 4.65. The van der Waals surface area contributed by atoms with Crippen LogP contribution in [0.3, 0.4) is 0 Å². The lowest BCUT2D eigenvalue weighted by Gasteiger charge is -2.09. The Labute approximate surface area is 111 Å². The maximum Gasteiger partial charge on any atom is 0.140 e. The van der Waals surface area contributed by atoms with Crippen molar-refractivity contribution in [1.82, 2.24) is 0 Å². The first-order valence-corrected chi connectivity index (χ1v) is 7.43. The van der Waals surface area contributed by atoms with Crippen LogP contribution in [0, 0.1) is 0 Å². The molecule has 98 valence electrons. The van der Waals surface area contributed by atoms with E-state index >= 15 is 0 Å². The first kappa shape index (κ1) is 13.3. The van der Waals surface area contributed by atoms with Gasteiger partial charge in [-0.25, -0.2) is 0 Å². The third-order valence-electron chi connectivity index (χ3n) is 4.01. The van der Waals surface area contributed by atoms with Crippen LogP contribution in [0.1, 0.15) is 68.9 Å². The van der Waals surface area contributed by atoms with Gasteiger partial charge in [-0.15, -0.1) is 0 Å². The van der Waals surface area contributed by atoms with Gasteiger partial charge >= 0.3 is 0 Å². The third kappa shape index (κ3) is 3.44. The van der Waals surface area contributed by atoms with Gasteiger partial charge in [-0.3, -0.25) is 4.79 Å². The van der Waals surface area contributed by atoms with Crippen molar-refractivity contribution in [2.45, 2.75) is 64.2 Å². The summed E-state index contributed by atoms with van der Waals surface area (Å²) in [4.78, 5) is 11.7. The number of unbranched alkanes of at least 4 members (excludes halogenated alkanes) is 3. The molecule has 1 aromatic carbocycles. The molecule has 0 amide bonds. The van der Waals surface area contributed by atoms with E-state index in [0.29, 0.717) is 5.78 Å². The van der Waals surface area contributed by atoms with Gasteiger partial charge in [0, 0.05) is 12.3 Å². The summed E-state index contributed by atoms with van der Waals surface area (Å²) in [6.45, 7) is 2.24. The maximum atomic E-state index is 11.7. The lowest BCUT2D eigenvalue weighted by Crippen LogP contribution is -2.04. The number of hydrogen-bond acceptors (Lipinski definition) is 1. The van der Waals surface area contributed by atoms with E-state index in [-0.39, 0.29) is 5.92 Å². The van der Waals surface area contributed by atoms with E-state index in [4.69, 9.17) is 0 Å². The topological polar surface area (TPSA) is 17.1 Å². The molecule has 2 rings (SSSR count). The van der Waals surface area contributed by atoms with Crippen molar-refractivity contribution in [3.05, 3.63) is 35.4 Å². The lowest BCUT2D eigenvalue weighted by molar-refractivity contribution is -0.118. The molecule has 1 aromatic rings. The summed E-state index contributed by atoms with van der Waals surface area (Å²) in [7, 11) is 0. The van der Waals surface area contributed by atoms with Crippen LogP contribution < -0.4 is 0 Å². The van der Waals surface area contributed by atoms with Crippen LogP contribution in [0.4, 0.5) is 0 Å². The molecule has 1 nitrogen and oxygen atoms in total. The van der Waals surface area contributed by atoms with Crippen LogP contribution in [0.15, 0.2) is 24.3 Å². The van der Waals surface area contributed by atoms with E-state index < -0.39 is 0 Å². The molecule has 0 N–H and O–H groups in total. The van der Waals surface area contributed by atoms with Crippen LogP contribution >= 0.6 is 0 Å². The first-order chi connectivity index (χ1) is 8.81. The van der Waals surface area contributed by atoms with E-state index in [1.54, 1.807) is 0 Å². The summed E-state index contributed by atoms with van der Waals surface area (Å²) in [5.41, 5.74) is 2.65. The second-order valence-corrected chi connectivity index (χ2v) is 5.46. The summed E-state index contributed by atoms with van der Waals surface area (Å²) in [5, 5.41) is 0. The molecule has 0 saturated heterocycles. The zero-order valence-corrected chi connectivity index (χ0v) is 11.5. The molecule has 1 unspecified atom stereocenters. The second-order valence-electron chi connectivity index (χ2n) is 5.46. The Kier molecular flexibility index (Phi) is 4.98. The quantitative estimate of drug-likeness (QED) is 0.666. The molecule has 0 spiro atoms. The molecule has 1 atom stereocenters. The fourth-order valence-corrected chi connectivity index (χ4v) is 2.84. The van der Waals surface area contributed by atoms with Gasteiger partial charge in [-0.2, -0.15) is 0 Å². The molecule has 1 fully saturated rings. The minimum atomic E-state index is 0.194. The van der Waals surface area contributed by atoms with Crippen molar-refractivity contribution in [2.24, 2.45) is 0 Å². The monoisotopic (exact) mass is 244 g/mol. The van der Waals surface area contributed by atoms with Crippen LogP contribution in [0.2, 0.25) is 0 Å². The highest BCUT2D eigenvalue weighted by molar-refractivity contribution is 5.87. The molecular weight excluding hydrogens is 220 g/mol. The van der Waals surface area contributed by atoms with E-state index in [2.05, 4.69) is 31.2 Å². The highest BCUT2D eigenvalue weighted by Crippen LogP contribution is 2.31. The van der Waals surface area contributed by atoms with Gasteiger partial charge in [0.25, 0.3) is 0 Å². The van der Waals surface area contributed by atoms with Gasteiger partial charge in [0.2, 0.25) is 0 Å². The fraction of sp³-hybridized carbons (Fsp3) is 0.588. The summed E-state index contributed by atoms with van der Waals surface area (Å²) in [5.74, 6) is 0.629. The molecule has 1 aliphatic rings. The third-order valence-corrected chi connectivity index (χ3v) is 4.01.